The van der Waals surface area contributed by atoms with Gasteiger partial charge in [-0.05, 0) is 276 Å². The molecule has 0 bridgehead atoms. The second kappa shape index (κ2) is 48.8. The first-order chi connectivity index (χ1) is 54.7. The normalized spacial score (nSPS) is 15.1. The first-order valence-corrected chi connectivity index (χ1v) is 43.6. The van der Waals surface area contributed by atoms with Crippen LogP contribution >= 0.6 is 0 Å². The fourth-order valence-corrected chi connectivity index (χ4v) is 14.9. The minimum absolute atomic E-state index is 0.188. The fourth-order valence-electron chi connectivity index (χ4n) is 14.9. The van der Waals surface area contributed by atoms with Gasteiger partial charge >= 0.3 is 0 Å². The molecule has 0 aromatic heterocycles. The molecule has 0 radical (unpaired) electrons. The van der Waals surface area contributed by atoms with Gasteiger partial charge < -0.3 is 28.4 Å². The van der Waals surface area contributed by atoms with Gasteiger partial charge in [0.2, 0.25) is 0 Å². The van der Waals surface area contributed by atoms with Gasteiger partial charge in [0, 0.05) is 86.0 Å². The number of rotatable bonds is 36. The first-order valence-electron chi connectivity index (χ1n) is 43.6. The molecule has 582 valence electrons. The predicted octanol–water partition coefficient (Wildman–Crippen LogP) is 25.5. The molecule has 3 saturated heterocycles. The quantitative estimate of drug-likeness (QED) is 0.0288. The molecule has 7 aromatic carbocycles. The third-order valence-electron chi connectivity index (χ3n) is 21.5. The lowest BCUT2D eigenvalue weighted by Crippen LogP contribution is -2.24. The first kappa shape index (κ1) is 84.6. The molecule has 3 heterocycles. The maximum Gasteiger partial charge on any atom is 0.199 e. The van der Waals surface area contributed by atoms with Crippen molar-refractivity contribution in [3.63, 3.8) is 0 Å². The molecule has 0 aliphatic carbocycles. The average Bonchev–Trinajstić information content (AvgIpc) is 0.826. The minimum atomic E-state index is -0.188. The number of ether oxygens (including phenoxy) is 6. The van der Waals surface area contributed by atoms with Crippen molar-refractivity contribution in [3.05, 3.63) is 228 Å². The van der Waals surface area contributed by atoms with E-state index in [4.69, 9.17) is 28.4 Å². The van der Waals surface area contributed by atoms with E-state index >= 15 is 0 Å². The van der Waals surface area contributed by atoms with Crippen LogP contribution in [0, 0.1) is 71.0 Å². The Bertz CT molecular complexity index is 3930. The summed E-state index contributed by atoms with van der Waals surface area (Å²) in [7, 11) is 0. The molecular formula is C105H126O6. The van der Waals surface area contributed by atoms with Crippen molar-refractivity contribution in [3.8, 4) is 88.3 Å². The Morgan fingerprint density at radius 1 is 0.234 bits per heavy atom. The van der Waals surface area contributed by atoms with Gasteiger partial charge in [-0.1, -0.05) is 228 Å². The van der Waals surface area contributed by atoms with E-state index in [1.165, 1.54) is 149 Å². The summed E-state index contributed by atoms with van der Waals surface area (Å²) in [6.45, 7) is 16.0. The highest BCUT2D eigenvalue weighted by Crippen LogP contribution is 2.29. The SMILES string of the molecule is CCCCCCc1cc(C#Cc2cc(C#Cc3cc(CCCCCC)c(C#Cc4ccc(OC5CCCCO5)cc4)cc3CCCCCC)cc(C#Cc3cc(CCCCCC)c(C#Cc4ccc(OC5CCCCO5)cc4)cc3CCCCCC)c2)c(CCCCCC)cc1C#Cc1ccc(OC2CCCCO2)cc1. The van der Waals surface area contributed by atoms with Crippen LogP contribution in [-0.2, 0) is 52.7 Å². The van der Waals surface area contributed by atoms with Crippen LogP contribution in [0.4, 0.5) is 0 Å². The molecule has 6 heteroatoms. The average molecular weight is 1480 g/mol. The number of benzene rings is 7. The van der Waals surface area contributed by atoms with E-state index in [0.29, 0.717) is 0 Å². The van der Waals surface area contributed by atoms with Crippen LogP contribution in [0.5, 0.6) is 17.2 Å². The molecule has 10 rings (SSSR count). The predicted molar refractivity (Wildman–Crippen MR) is 461 cm³/mol. The molecule has 0 spiro atoms. The summed E-state index contributed by atoms with van der Waals surface area (Å²) in [5.74, 6) is 47.2. The summed E-state index contributed by atoms with van der Waals surface area (Å²) in [6.07, 6.45) is 42.4. The van der Waals surface area contributed by atoms with Crippen molar-refractivity contribution in [1.29, 1.82) is 0 Å². The molecular weight excluding hydrogens is 1360 g/mol. The standard InChI is InChI=1S/C105H126O6/c1-7-13-19-25-37-88-79-97(91(40-28-22-16-10-4)76-94(88)58-46-82-52-64-100(65-53-82)109-103-43-31-34-70-106-103)61-49-85-73-86(50-62-98-80-89(38-26-20-14-8-2)95(77-92(98)41-29-23-17-11-5)59-47-83-54-66-101(67-55-83)110-104-44-32-35-71-107-104)75-87(74-85)51-63-99-81-90(39-27-21-15-9-3)96(78-93(99)42-30-24-18-12-6)60-48-84-56-68-102(69-57-84)111-105-45-33-36-72-108-105/h52-57,64-69,73-81,103-105H,7-45,70-72H2,1-6H3. The summed E-state index contributed by atoms with van der Waals surface area (Å²) in [4.78, 5) is 0. The fraction of sp³-hybridized carbons (Fsp3) is 0.486. The highest BCUT2D eigenvalue weighted by molar-refractivity contribution is 5.62. The lowest BCUT2D eigenvalue weighted by molar-refractivity contribution is -0.106. The van der Waals surface area contributed by atoms with Gasteiger partial charge in [0.25, 0.3) is 0 Å². The van der Waals surface area contributed by atoms with Crippen molar-refractivity contribution in [2.75, 3.05) is 19.8 Å². The van der Waals surface area contributed by atoms with Gasteiger partial charge in [-0.3, -0.25) is 0 Å². The Balaban J connectivity index is 1.08. The van der Waals surface area contributed by atoms with Crippen LogP contribution in [0.15, 0.2) is 127 Å². The van der Waals surface area contributed by atoms with Gasteiger partial charge in [0.15, 0.2) is 18.9 Å². The van der Waals surface area contributed by atoms with E-state index in [-0.39, 0.29) is 18.9 Å². The third kappa shape index (κ3) is 29.7. The van der Waals surface area contributed by atoms with Gasteiger partial charge in [-0.25, -0.2) is 0 Å². The topological polar surface area (TPSA) is 55.4 Å². The summed E-state index contributed by atoms with van der Waals surface area (Å²) >= 11 is 0. The zero-order valence-electron chi connectivity index (χ0n) is 68.5. The van der Waals surface area contributed by atoms with Crippen LogP contribution in [0.2, 0.25) is 0 Å². The lowest BCUT2D eigenvalue weighted by Gasteiger charge is -2.23. The van der Waals surface area contributed by atoms with Crippen molar-refractivity contribution >= 4 is 0 Å². The Hall–Kier alpha value is -8.82. The molecule has 3 aliphatic rings. The van der Waals surface area contributed by atoms with Crippen LogP contribution in [0.3, 0.4) is 0 Å². The number of hydrogen-bond acceptors (Lipinski definition) is 6. The zero-order chi connectivity index (χ0) is 77.1. The van der Waals surface area contributed by atoms with Crippen LogP contribution in [-0.4, -0.2) is 38.7 Å². The van der Waals surface area contributed by atoms with E-state index in [9.17, 15) is 0 Å². The Morgan fingerprint density at radius 2 is 0.441 bits per heavy atom. The summed E-state index contributed by atoms with van der Waals surface area (Å²) in [5, 5.41) is 0. The molecule has 0 saturated carbocycles. The molecule has 111 heavy (non-hydrogen) atoms. The van der Waals surface area contributed by atoms with Crippen molar-refractivity contribution in [1.82, 2.24) is 0 Å². The smallest absolute Gasteiger partial charge is 0.199 e. The monoisotopic (exact) mass is 1480 g/mol. The van der Waals surface area contributed by atoms with E-state index in [0.717, 1.165) is 239 Å². The van der Waals surface area contributed by atoms with Gasteiger partial charge in [-0.2, -0.15) is 0 Å². The molecule has 6 nitrogen and oxygen atoms in total. The molecule has 7 aromatic rings. The van der Waals surface area contributed by atoms with Crippen molar-refractivity contribution in [2.24, 2.45) is 0 Å². The van der Waals surface area contributed by atoms with Crippen LogP contribution in [0.25, 0.3) is 0 Å². The van der Waals surface area contributed by atoms with Crippen molar-refractivity contribution in [2.45, 2.75) is 311 Å². The summed E-state index contributed by atoms with van der Waals surface area (Å²) in [5.41, 5.74) is 19.6. The Morgan fingerprint density at radius 3 is 0.631 bits per heavy atom. The van der Waals surface area contributed by atoms with E-state index in [1.54, 1.807) is 0 Å². The third-order valence-corrected chi connectivity index (χ3v) is 21.5. The van der Waals surface area contributed by atoms with Gasteiger partial charge in [0.1, 0.15) is 17.2 Å². The molecule has 3 aliphatic heterocycles. The molecule has 3 unspecified atom stereocenters. The molecule has 3 fully saturated rings. The maximum absolute atomic E-state index is 6.21. The Kier molecular flexibility index (Phi) is 37.2. The highest BCUT2D eigenvalue weighted by Gasteiger charge is 2.20. The van der Waals surface area contributed by atoms with Gasteiger partial charge in [0.05, 0.1) is 19.8 Å². The Labute approximate surface area is 670 Å². The highest BCUT2D eigenvalue weighted by atomic mass is 16.7. The molecule has 0 N–H and O–H groups in total. The number of unbranched alkanes of at least 4 members (excludes halogenated alkanes) is 18. The maximum atomic E-state index is 6.21. The minimum Gasteiger partial charge on any atom is -0.465 e. The van der Waals surface area contributed by atoms with E-state index in [1.807, 2.05) is 36.4 Å². The largest absolute Gasteiger partial charge is 0.465 e. The van der Waals surface area contributed by atoms with E-state index < -0.39 is 0 Å². The second-order valence-electron chi connectivity index (χ2n) is 31.0. The number of hydrogen-bond donors (Lipinski definition) is 0. The zero-order valence-corrected chi connectivity index (χ0v) is 68.5. The second-order valence-corrected chi connectivity index (χ2v) is 31.0. The van der Waals surface area contributed by atoms with Crippen LogP contribution < -0.4 is 14.2 Å². The van der Waals surface area contributed by atoms with Crippen molar-refractivity contribution < 1.29 is 28.4 Å². The number of aryl methyl sites for hydroxylation is 6. The van der Waals surface area contributed by atoms with Gasteiger partial charge in [-0.15, -0.1) is 0 Å². The molecule has 0 amide bonds. The van der Waals surface area contributed by atoms with Crippen LogP contribution in [0.1, 0.15) is 354 Å². The van der Waals surface area contributed by atoms with E-state index in [2.05, 4.69) is 204 Å². The molecule has 3 atom stereocenters. The summed E-state index contributed by atoms with van der Waals surface area (Å²) in [6, 6.07) is 45.5. The summed E-state index contributed by atoms with van der Waals surface area (Å²) < 4.78 is 36.3. The lowest BCUT2D eigenvalue weighted by atomic mass is 9.91.